The monoisotopic (exact) mass is 372 g/mol. The molecule has 4 rings (SSSR count). The maximum absolute atomic E-state index is 12.6. The SMILES string of the molecule is COC1CCN(c2ccc(C(=O)N3CC(N4C(=O)CNC4=O)C3)cc2)CC1. The molecule has 3 saturated heterocycles. The van der Waals surface area contributed by atoms with Crippen LogP contribution in [0.4, 0.5) is 10.5 Å². The fraction of sp³-hybridized carbons (Fsp3) is 0.526. The zero-order chi connectivity index (χ0) is 19.0. The largest absolute Gasteiger partial charge is 0.381 e. The minimum absolute atomic E-state index is 0.0480. The quantitative estimate of drug-likeness (QED) is 0.786. The molecule has 0 radical (unpaired) electrons. The van der Waals surface area contributed by atoms with Crippen molar-refractivity contribution in [1.29, 1.82) is 0 Å². The van der Waals surface area contributed by atoms with Crippen LogP contribution in [0.1, 0.15) is 23.2 Å². The van der Waals surface area contributed by atoms with Gasteiger partial charge in [0, 0.05) is 44.5 Å². The summed E-state index contributed by atoms with van der Waals surface area (Å²) >= 11 is 0. The fourth-order valence-electron chi connectivity index (χ4n) is 3.94. The van der Waals surface area contributed by atoms with Crippen LogP contribution < -0.4 is 10.2 Å². The van der Waals surface area contributed by atoms with E-state index in [2.05, 4.69) is 10.2 Å². The number of hydrogen-bond acceptors (Lipinski definition) is 5. The van der Waals surface area contributed by atoms with E-state index in [1.54, 1.807) is 12.0 Å². The van der Waals surface area contributed by atoms with Gasteiger partial charge in [0.2, 0.25) is 5.91 Å². The third kappa shape index (κ3) is 3.37. The molecule has 0 atom stereocenters. The number of benzene rings is 1. The van der Waals surface area contributed by atoms with Crippen molar-refractivity contribution in [3.05, 3.63) is 29.8 Å². The van der Waals surface area contributed by atoms with E-state index in [0.29, 0.717) is 24.8 Å². The van der Waals surface area contributed by atoms with Gasteiger partial charge >= 0.3 is 6.03 Å². The molecule has 0 bridgehead atoms. The molecule has 3 aliphatic heterocycles. The van der Waals surface area contributed by atoms with E-state index in [0.717, 1.165) is 31.6 Å². The topological polar surface area (TPSA) is 82.2 Å². The predicted molar refractivity (Wildman–Crippen MR) is 98.6 cm³/mol. The van der Waals surface area contributed by atoms with E-state index < -0.39 is 0 Å². The average molecular weight is 372 g/mol. The molecule has 3 aliphatic rings. The molecule has 8 nitrogen and oxygen atoms in total. The van der Waals surface area contributed by atoms with Gasteiger partial charge in [-0.15, -0.1) is 0 Å². The smallest absolute Gasteiger partial charge is 0.324 e. The van der Waals surface area contributed by atoms with Crippen molar-refractivity contribution in [1.82, 2.24) is 15.1 Å². The number of likely N-dealkylation sites (tertiary alicyclic amines) is 1. The number of carbonyl (C=O) groups is 3. The summed E-state index contributed by atoms with van der Waals surface area (Å²) in [4.78, 5) is 41.2. The Morgan fingerprint density at radius 2 is 1.78 bits per heavy atom. The molecular weight excluding hydrogens is 348 g/mol. The lowest BCUT2D eigenvalue weighted by molar-refractivity contribution is -0.128. The van der Waals surface area contributed by atoms with Crippen LogP contribution in [0.25, 0.3) is 0 Å². The third-order valence-corrected chi connectivity index (χ3v) is 5.65. The zero-order valence-corrected chi connectivity index (χ0v) is 15.4. The number of hydrogen-bond donors (Lipinski definition) is 1. The second-order valence-corrected chi connectivity index (χ2v) is 7.26. The van der Waals surface area contributed by atoms with Crippen LogP contribution in [0.5, 0.6) is 0 Å². The summed E-state index contributed by atoms with van der Waals surface area (Å²) in [7, 11) is 1.76. The van der Waals surface area contributed by atoms with Gasteiger partial charge in [-0.05, 0) is 37.1 Å². The Labute approximate surface area is 158 Å². The van der Waals surface area contributed by atoms with Gasteiger partial charge in [0.05, 0.1) is 18.7 Å². The van der Waals surface area contributed by atoms with Gasteiger partial charge in [-0.25, -0.2) is 4.79 Å². The highest BCUT2D eigenvalue weighted by molar-refractivity contribution is 6.03. The summed E-state index contributed by atoms with van der Waals surface area (Å²) in [5.74, 6) is -0.290. The molecule has 3 heterocycles. The molecule has 4 amide bonds. The van der Waals surface area contributed by atoms with Gasteiger partial charge in [-0.2, -0.15) is 0 Å². The number of methoxy groups -OCH3 is 1. The first kappa shape index (κ1) is 17.8. The van der Waals surface area contributed by atoms with Crippen molar-refractivity contribution in [3.8, 4) is 0 Å². The Morgan fingerprint density at radius 3 is 2.33 bits per heavy atom. The van der Waals surface area contributed by atoms with E-state index in [1.165, 1.54) is 4.90 Å². The summed E-state index contributed by atoms with van der Waals surface area (Å²) < 4.78 is 5.40. The highest BCUT2D eigenvalue weighted by Crippen LogP contribution is 2.24. The lowest BCUT2D eigenvalue weighted by Gasteiger charge is -2.42. The van der Waals surface area contributed by atoms with Crippen molar-refractivity contribution in [3.63, 3.8) is 0 Å². The number of nitrogens with zero attached hydrogens (tertiary/aromatic N) is 3. The highest BCUT2D eigenvalue weighted by Gasteiger charge is 2.43. The third-order valence-electron chi connectivity index (χ3n) is 5.65. The fourth-order valence-corrected chi connectivity index (χ4v) is 3.94. The standard InChI is InChI=1S/C19H24N4O4/c1-27-16-6-8-21(9-7-16)14-4-2-13(3-5-14)18(25)22-11-15(12-22)23-17(24)10-20-19(23)26/h2-5,15-16H,6-12H2,1H3,(H,20,26). The maximum atomic E-state index is 12.6. The molecule has 8 heteroatoms. The summed E-state index contributed by atoms with van der Waals surface area (Å²) in [6, 6.07) is 7.08. The highest BCUT2D eigenvalue weighted by atomic mass is 16.5. The zero-order valence-electron chi connectivity index (χ0n) is 15.4. The molecule has 1 N–H and O–H groups in total. The van der Waals surface area contributed by atoms with E-state index >= 15 is 0 Å². The summed E-state index contributed by atoms with van der Waals surface area (Å²) in [6.07, 6.45) is 2.36. The predicted octanol–water partition coefficient (Wildman–Crippen LogP) is 0.678. The van der Waals surface area contributed by atoms with Crippen LogP contribution in [-0.2, 0) is 9.53 Å². The van der Waals surface area contributed by atoms with Gasteiger partial charge in [-0.3, -0.25) is 14.5 Å². The summed E-state index contributed by atoms with van der Waals surface area (Å²) in [5, 5.41) is 2.51. The van der Waals surface area contributed by atoms with Crippen LogP contribution >= 0.6 is 0 Å². The van der Waals surface area contributed by atoms with Crippen LogP contribution in [-0.4, -0.2) is 79.6 Å². The first-order valence-corrected chi connectivity index (χ1v) is 9.34. The Morgan fingerprint density at radius 1 is 1.11 bits per heavy atom. The number of piperidine rings is 1. The lowest BCUT2D eigenvalue weighted by Crippen LogP contribution is -2.62. The molecule has 3 fully saturated rings. The van der Waals surface area contributed by atoms with Crippen molar-refractivity contribution in [2.24, 2.45) is 0 Å². The average Bonchev–Trinajstić information content (AvgIpc) is 2.99. The number of anilines is 1. The number of rotatable bonds is 4. The molecule has 0 spiro atoms. The molecule has 0 aliphatic carbocycles. The maximum Gasteiger partial charge on any atom is 0.324 e. The second kappa shape index (κ2) is 7.19. The number of carbonyl (C=O) groups excluding carboxylic acids is 3. The Balaban J connectivity index is 1.33. The molecule has 0 aromatic heterocycles. The number of ether oxygens (including phenoxy) is 1. The summed E-state index contributed by atoms with van der Waals surface area (Å²) in [5.41, 5.74) is 1.74. The lowest BCUT2D eigenvalue weighted by atomic mass is 10.0. The Hall–Kier alpha value is -2.61. The Bertz CT molecular complexity index is 721. The summed E-state index contributed by atoms with van der Waals surface area (Å²) in [6.45, 7) is 2.73. The minimum Gasteiger partial charge on any atom is -0.381 e. The van der Waals surface area contributed by atoms with Gasteiger partial charge in [-0.1, -0.05) is 0 Å². The van der Waals surface area contributed by atoms with Crippen LogP contribution in [0.2, 0.25) is 0 Å². The number of amides is 4. The van der Waals surface area contributed by atoms with Crippen LogP contribution in [0.15, 0.2) is 24.3 Å². The molecule has 1 aromatic rings. The number of nitrogens with one attached hydrogen (secondary N) is 1. The van der Waals surface area contributed by atoms with Crippen molar-refractivity contribution >= 4 is 23.5 Å². The van der Waals surface area contributed by atoms with Gasteiger partial charge in [0.25, 0.3) is 5.91 Å². The first-order chi connectivity index (χ1) is 13.1. The van der Waals surface area contributed by atoms with Crippen LogP contribution in [0, 0.1) is 0 Å². The number of imide groups is 1. The molecule has 0 unspecified atom stereocenters. The van der Waals surface area contributed by atoms with E-state index in [9.17, 15) is 14.4 Å². The van der Waals surface area contributed by atoms with Gasteiger partial charge < -0.3 is 19.9 Å². The van der Waals surface area contributed by atoms with Crippen LogP contribution in [0.3, 0.4) is 0 Å². The first-order valence-electron chi connectivity index (χ1n) is 9.34. The van der Waals surface area contributed by atoms with Gasteiger partial charge in [0.15, 0.2) is 0 Å². The molecular formula is C19H24N4O4. The van der Waals surface area contributed by atoms with Crippen molar-refractivity contribution in [2.75, 3.05) is 44.7 Å². The molecule has 144 valence electrons. The molecule has 1 aromatic carbocycles. The van der Waals surface area contributed by atoms with E-state index in [-0.39, 0.29) is 30.4 Å². The minimum atomic E-state index is -0.362. The Kier molecular flexibility index (Phi) is 4.73. The van der Waals surface area contributed by atoms with Crippen molar-refractivity contribution in [2.45, 2.75) is 25.0 Å². The van der Waals surface area contributed by atoms with Gasteiger partial charge in [0.1, 0.15) is 0 Å². The number of urea groups is 1. The molecule has 0 saturated carbocycles. The van der Waals surface area contributed by atoms with Crippen molar-refractivity contribution < 1.29 is 19.1 Å². The second-order valence-electron chi connectivity index (χ2n) is 7.26. The normalized spacial score (nSPS) is 21.4. The van der Waals surface area contributed by atoms with E-state index in [4.69, 9.17) is 4.74 Å². The molecule has 27 heavy (non-hydrogen) atoms. The van der Waals surface area contributed by atoms with E-state index in [1.807, 2.05) is 24.3 Å².